The highest BCUT2D eigenvalue weighted by Gasteiger charge is 2.21. The highest BCUT2D eigenvalue weighted by molar-refractivity contribution is 6.80. The van der Waals surface area contributed by atoms with E-state index in [9.17, 15) is 4.79 Å². The number of hydrogen-bond donors (Lipinski definition) is 0. The van der Waals surface area contributed by atoms with Crippen molar-refractivity contribution in [1.82, 2.24) is 0 Å². The van der Waals surface area contributed by atoms with Crippen molar-refractivity contribution in [1.29, 1.82) is 0 Å². The van der Waals surface area contributed by atoms with Crippen LogP contribution in [0.15, 0.2) is 12.2 Å². The Morgan fingerprint density at radius 2 is 2.00 bits per heavy atom. The molecule has 0 atom stereocenters. The second-order valence-electron chi connectivity index (χ2n) is 4.06. The summed E-state index contributed by atoms with van der Waals surface area (Å²) in [5.41, 5.74) is 0. The van der Waals surface area contributed by atoms with Crippen molar-refractivity contribution in [2.45, 2.75) is 45.5 Å². The van der Waals surface area contributed by atoms with Gasteiger partial charge in [0.1, 0.15) is 0 Å². The van der Waals surface area contributed by atoms with E-state index < -0.39 is 8.07 Å². The van der Waals surface area contributed by atoms with Gasteiger partial charge in [-0.25, -0.2) is 0 Å². The lowest BCUT2D eigenvalue weighted by molar-refractivity contribution is -0.112. The highest BCUT2D eigenvalue weighted by Crippen LogP contribution is 2.17. The third kappa shape index (κ3) is 5.30. The minimum Gasteiger partial charge on any atom is -0.295 e. The van der Waals surface area contributed by atoms with Crippen LogP contribution in [0.5, 0.6) is 0 Å². The van der Waals surface area contributed by atoms with E-state index in [4.69, 9.17) is 0 Å². The van der Waals surface area contributed by atoms with E-state index >= 15 is 0 Å². The molecule has 0 N–H and O–H groups in total. The van der Waals surface area contributed by atoms with Gasteiger partial charge in [-0.1, -0.05) is 38.6 Å². The van der Waals surface area contributed by atoms with Gasteiger partial charge in [-0.15, -0.1) is 0 Å². The van der Waals surface area contributed by atoms with E-state index in [2.05, 4.69) is 20.0 Å². The predicted molar refractivity (Wildman–Crippen MR) is 57.2 cm³/mol. The van der Waals surface area contributed by atoms with Crippen molar-refractivity contribution in [3.8, 4) is 0 Å². The molecule has 0 aliphatic heterocycles. The molecule has 0 rings (SSSR count). The summed E-state index contributed by atoms with van der Waals surface area (Å²) < 4.78 is 0. The quantitative estimate of drug-likeness (QED) is 0.473. The number of rotatable bonds is 5. The van der Waals surface area contributed by atoms with Crippen molar-refractivity contribution in [2.75, 3.05) is 0 Å². The minimum absolute atomic E-state index is 0.308. The van der Waals surface area contributed by atoms with Gasteiger partial charge in [0.15, 0.2) is 5.78 Å². The molecule has 0 saturated carbocycles. The first kappa shape index (κ1) is 11.6. The molecule has 1 nitrogen and oxygen atoms in total. The van der Waals surface area contributed by atoms with Crippen LogP contribution >= 0.6 is 0 Å². The molecular formula is C10H20OSi. The first-order chi connectivity index (χ1) is 5.52. The molecule has 0 heterocycles. The summed E-state index contributed by atoms with van der Waals surface area (Å²) in [6.45, 7) is 8.66. The fourth-order valence-electron chi connectivity index (χ4n) is 1.48. The number of carbonyl (C=O) groups excluding carboxylic acids is 1. The zero-order valence-electron chi connectivity index (χ0n) is 8.68. The molecule has 0 spiro atoms. The normalized spacial score (nSPS) is 12.3. The van der Waals surface area contributed by atoms with Gasteiger partial charge in [0.25, 0.3) is 0 Å². The van der Waals surface area contributed by atoms with Crippen molar-refractivity contribution >= 4 is 13.9 Å². The van der Waals surface area contributed by atoms with Crippen LogP contribution in [0.4, 0.5) is 0 Å². The molecule has 0 aromatic heterocycles. The first-order valence-corrected chi connectivity index (χ1v) is 8.09. The second-order valence-corrected chi connectivity index (χ2v) is 9.24. The van der Waals surface area contributed by atoms with Crippen LogP contribution < -0.4 is 0 Å². The van der Waals surface area contributed by atoms with Crippen molar-refractivity contribution < 1.29 is 4.79 Å². The van der Waals surface area contributed by atoms with E-state index in [1.165, 1.54) is 12.5 Å². The van der Waals surface area contributed by atoms with Crippen molar-refractivity contribution in [3.05, 3.63) is 12.2 Å². The Hall–Kier alpha value is -0.373. The fraction of sp³-hybridized carbons (Fsp3) is 0.700. The lowest BCUT2D eigenvalue weighted by Gasteiger charge is -2.19. The standard InChI is InChI=1S/C10H20OSi/c1-5-7-10(11)9-12(3,4)8-6-2/h5,7H,6,8-9H2,1-4H3. The lowest BCUT2D eigenvalue weighted by atomic mass is 10.4. The minimum atomic E-state index is -1.20. The largest absolute Gasteiger partial charge is 0.295 e. The van der Waals surface area contributed by atoms with Crippen LogP contribution in [0.25, 0.3) is 0 Å². The molecule has 0 aliphatic rings. The highest BCUT2D eigenvalue weighted by atomic mass is 28.3. The van der Waals surface area contributed by atoms with Gasteiger partial charge in [-0.05, 0) is 13.0 Å². The Kier molecular flexibility index (Phi) is 5.14. The smallest absolute Gasteiger partial charge is 0.152 e. The average molecular weight is 184 g/mol. The Labute approximate surface area is 76.9 Å². The van der Waals surface area contributed by atoms with Crippen LogP contribution in [-0.2, 0) is 4.79 Å². The summed E-state index contributed by atoms with van der Waals surface area (Å²) >= 11 is 0. The molecule has 2 heteroatoms. The summed E-state index contributed by atoms with van der Waals surface area (Å²) in [7, 11) is -1.20. The molecular weight excluding hydrogens is 164 g/mol. The van der Waals surface area contributed by atoms with E-state index in [0.29, 0.717) is 5.78 Å². The van der Waals surface area contributed by atoms with Gasteiger partial charge in [-0.2, -0.15) is 0 Å². The Morgan fingerprint density at radius 1 is 1.42 bits per heavy atom. The molecule has 70 valence electrons. The monoisotopic (exact) mass is 184 g/mol. The number of carbonyl (C=O) groups is 1. The van der Waals surface area contributed by atoms with Crippen LogP contribution in [0.3, 0.4) is 0 Å². The van der Waals surface area contributed by atoms with Gasteiger partial charge in [0, 0.05) is 6.04 Å². The van der Waals surface area contributed by atoms with Crippen LogP contribution in [0.1, 0.15) is 20.3 Å². The molecule has 12 heavy (non-hydrogen) atoms. The zero-order chi connectivity index (χ0) is 9.61. The van der Waals surface area contributed by atoms with E-state index in [-0.39, 0.29) is 0 Å². The maximum Gasteiger partial charge on any atom is 0.152 e. The summed E-state index contributed by atoms with van der Waals surface area (Å²) in [5.74, 6) is 0.308. The second kappa shape index (κ2) is 5.30. The average Bonchev–Trinajstić information content (AvgIpc) is 1.85. The van der Waals surface area contributed by atoms with Gasteiger partial charge in [-0.3, -0.25) is 4.79 Å². The number of hydrogen-bond acceptors (Lipinski definition) is 1. The number of ketones is 1. The summed E-state index contributed by atoms with van der Waals surface area (Å²) in [5, 5.41) is 0. The molecule has 0 aromatic carbocycles. The zero-order valence-corrected chi connectivity index (χ0v) is 9.68. The molecule has 0 bridgehead atoms. The maximum absolute atomic E-state index is 11.3. The Balaban J connectivity index is 3.96. The predicted octanol–water partition coefficient (Wildman–Crippen LogP) is 3.25. The van der Waals surface area contributed by atoms with Gasteiger partial charge < -0.3 is 0 Å². The van der Waals surface area contributed by atoms with E-state index in [1.807, 2.05) is 13.0 Å². The van der Waals surface area contributed by atoms with Crippen molar-refractivity contribution in [3.63, 3.8) is 0 Å². The van der Waals surface area contributed by atoms with E-state index in [0.717, 1.165) is 6.04 Å². The molecule has 0 radical (unpaired) electrons. The fourth-order valence-corrected chi connectivity index (χ4v) is 4.07. The van der Waals surface area contributed by atoms with Crippen LogP contribution in [-0.4, -0.2) is 13.9 Å². The molecule has 0 unspecified atom stereocenters. The topological polar surface area (TPSA) is 17.1 Å². The Bertz CT molecular complexity index is 171. The van der Waals surface area contributed by atoms with E-state index in [1.54, 1.807) is 6.08 Å². The third-order valence-electron chi connectivity index (χ3n) is 1.93. The molecule has 0 amide bonds. The summed E-state index contributed by atoms with van der Waals surface area (Å²) in [4.78, 5) is 11.3. The van der Waals surface area contributed by atoms with Gasteiger partial charge in [0.05, 0.1) is 8.07 Å². The molecule has 0 saturated heterocycles. The molecule has 0 aliphatic carbocycles. The summed E-state index contributed by atoms with van der Waals surface area (Å²) in [6.07, 6.45) is 4.74. The van der Waals surface area contributed by atoms with Crippen LogP contribution in [0.2, 0.25) is 25.2 Å². The summed E-state index contributed by atoms with van der Waals surface area (Å²) in [6, 6.07) is 2.07. The van der Waals surface area contributed by atoms with Crippen LogP contribution in [0, 0.1) is 0 Å². The van der Waals surface area contributed by atoms with Gasteiger partial charge >= 0.3 is 0 Å². The molecule has 0 fully saturated rings. The third-order valence-corrected chi connectivity index (χ3v) is 5.09. The van der Waals surface area contributed by atoms with Crippen molar-refractivity contribution in [2.24, 2.45) is 0 Å². The first-order valence-electron chi connectivity index (χ1n) is 4.67. The SMILES string of the molecule is CC=CC(=O)C[Si](C)(C)CCC. The molecule has 0 aromatic rings. The maximum atomic E-state index is 11.3. The Morgan fingerprint density at radius 3 is 2.42 bits per heavy atom. The lowest BCUT2D eigenvalue weighted by Crippen LogP contribution is -2.27. The van der Waals surface area contributed by atoms with Gasteiger partial charge in [0.2, 0.25) is 0 Å². The number of allylic oxidation sites excluding steroid dienone is 2.